The van der Waals surface area contributed by atoms with E-state index >= 15 is 0 Å². The maximum atomic E-state index is 11.2. The summed E-state index contributed by atoms with van der Waals surface area (Å²) < 4.78 is 16.8. The van der Waals surface area contributed by atoms with Gasteiger partial charge in [-0.2, -0.15) is 0 Å². The third-order valence-electron chi connectivity index (χ3n) is 4.77. The highest BCUT2D eigenvalue weighted by atomic mass is 16.5. The van der Waals surface area contributed by atoms with Crippen LogP contribution in [-0.2, 0) is 22.6 Å². The Morgan fingerprint density at radius 1 is 0.875 bits per heavy atom. The Kier molecular flexibility index (Phi) is 8.90. The van der Waals surface area contributed by atoms with Crippen LogP contribution in [0, 0.1) is 0 Å². The van der Waals surface area contributed by atoms with Crippen molar-refractivity contribution >= 4 is 12.0 Å². The minimum absolute atomic E-state index is 0.328. The number of carboxylic acid groups (broad SMARTS) is 1. The standard InChI is InChI=1S/C27H28O5/c1-2-30-26(27(28)29)19-22-12-16-24(17-13-22)31-18-6-9-21-10-14-25(15-11-21)32-20-23-7-4-3-5-8-23/h3-17,26H,2,18-20H2,1H3,(H,28,29). The molecule has 1 atom stereocenters. The second-order valence-electron chi connectivity index (χ2n) is 7.19. The highest BCUT2D eigenvalue weighted by Crippen LogP contribution is 2.16. The summed E-state index contributed by atoms with van der Waals surface area (Å²) in [4.78, 5) is 11.2. The molecule has 0 bridgehead atoms. The van der Waals surface area contributed by atoms with Gasteiger partial charge in [-0.15, -0.1) is 0 Å². The van der Waals surface area contributed by atoms with Crippen LogP contribution < -0.4 is 9.47 Å². The number of aliphatic carboxylic acids is 1. The monoisotopic (exact) mass is 432 g/mol. The average Bonchev–Trinajstić information content (AvgIpc) is 2.82. The van der Waals surface area contributed by atoms with Crippen LogP contribution in [0.3, 0.4) is 0 Å². The molecule has 5 heteroatoms. The summed E-state index contributed by atoms with van der Waals surface area (Å²) in [5.74, 6) is 0.608. The molecule has 0 saturated carbocycles. The zero-order chi connectivity index (χ0) is 22.6. The van der Waals surface area contributed by atoms with Crippen molar-refractivity contribution in [1.82, 2.24) is 0 Å². The summed E-state index contributed by atoms with van der Waals surface area (Å²) in [5, 5.41) is 9.18. The molecule has 0 aliphatic carbocycles. The van der Waals surface area contributed by atoms with E-state index in [1.54, 1.807) is 6.92 Å². The van der Waals surface area contributed by atoms with Crippen LogP contribution in [0.5, 0.6) is 11.5 Å². The van der Waals surface area contributed by atoms with Gasteiger partial charge in [-0.05, 0) is 54.0 Å². The van der Waals surface area contributed by atoms with Crippen molar-refractivity contribution < 1.29 is 24.1 Å². The summed E-state index contributed by atoms with van der Waals surface area (Å²) in [6.07, 6.45) is 3.44. The topological polar surface area (TPSA) is 65.0 Å². The second-order valence-corrected chi connectivity index (χ2v) is 7.19. The highest BCUT2D eigenvalue weighted by molar-refractivity contribution is 5.72. The molecule has 166 valence electrons. The molecule has 0 aromatic heterocycles. The zero-order valence-electron chi connectivity index (χ0n) is 18.1. The van der Waals surface area contributed by atoms with Gasteiger partial charge in [0.2, 0.25) is 0 Å². The van der Waals surface area contributed by atoms with E-state index in [4.69, 9.17) is 14.2 Å². The first kappa shape index (κ1) is 23.1. The maximum absolute atomic E-state index is 11.2. The molecule has 3 aromatic rings. The Bertz CT molecular complexity index is 979. The zero-order valence-corrected chi connectivity index (χ0v) is 18.1. The Labute approximate surface area is 188 Å². The van der Waals surface area contributed by atoms with Crippen molar-refractivity contribution in [1.29, 1.82) is 0 Å². The number of carboxylic acids is 1. The molecule has 1 N–H and O–H groups in total. The first-order chi connectivity index (χ1) is 15.6. The molecule has 3 rings (SSSR count). The van der Waals surface area contributed by atoms with E-state index < -0.39 is 12.1 Å². The normalized spacial score (nSPS) is 11.9. The van der Waals surface area contributed by atoms with Crippen LogP contribution in [0.2, 0.25) is 0 Å². The first-order valence-corrected chi connectivity index (χ1v) is 10.6. The molecule has 0 aliphatic heterocycles. The van der Waals surface area contributed by atoms with E-state index in [2.05, 4.69) is 0 Å². The quantitative estimate of drug-likeness (QED) is 0.416. The minimum Gasteiger partial charge on any atom is -0.490 e. The van der Waals surface area contributed by atoms with Crippen LogP contribution >= 0.6 is 0 Å². The molecular weight excluding hydrogens is 404 g/mol. The fourth-order valence-corrected chi connectivity index (χ4v) is 3.10. The molecule has 0 radical (unpaired) electrons. The van der Waals surface area contributed by atoms with Gasteiger partial charge in [0.25, 0.3) is 0 Å². The summed E-state index contributed by atoms with van der Waals surface area (Å²) in [6, 6.07) is 25.4. The molecule has 0 saturated heterocycles. The van der Waals surface area contributed by atoms with E-state index in [1.807, 2.05) is 91.0 Å². The predicted molar refractivity (Wildman–Crippen MR) is 125 cm³/mol. The van der Waals surface area contributed by atoms with Gasteiger partial charge < -0.3 is 19.3 Å². The number of hydrogen-bond acceptors (Lipinski definition) is 4. The van der Waals surface area contributed by atoms with Gasteiger partial charge in [0.1, 0.15) is 24.7 Å². The highest BCUT2D eigenvalue weighted by Gasteiger charge is 2.17. The predicted octanol–water partition coefficient (Wildman–Crippen LogP) is 5.39. The van der Waals surface area contributed by atoms with Crippen molar-refractivity contribution in [3.8, 4) is 11.5 Å². The lowest BCUT2D eigenvalue weighted by Crippen LogP contribution is -2.26. The molecule has 5 nitrogen and oxygen atoms in total. The second kappa shape index (κ2) is 12.3. The largest absolute Gasteiger partial charge is 0.490 e. The van der Waals surface area contributed by atoms with Crippen molar-refractivity contribution in [2.24, 2.45) is 0 Å². The fourth-order valence-electron chi connectivity index (χ4n) is 3.10. The van der Waals surface area contributed by atoms with E-state index in [0.29, 0.717) is 26.2 Å². The van der Waals surface area contributed by atoms with E-state index in [9.17, 15) is 9.90 Å². The summed E-state index contributed by atoms with van der Waals surface area (Å²) in [5.41, 5.74) is 3.09. The summed E-state index contributed by atoms with van der Waals surface area (Å²) in [6.45, 7) is 3.13. The van der Waals surface area contributed by atoms with Crippen molar-refractivity contribution in [2.45, 2.75) is 26.1 Å². The van der Waals surface area contributed by atoms with E-state index in [-0.39, 0.29) is 0 Å². The smallest absolute Gasteiger partial charge is 0.333 e. The third-order valence-corrected chi connectivity index (χ3v) is 4.77. The van der Waals surface area contributed by atoms with Crippen LogP contribution in [0.4, 0.5) is 0 Å². The van der Waals surface area contributed by atoms with Gasteiger partial charge >= 0.3 is 5.97 Å². The molecule has 0 fully saturated rings. The maximum Gasteiger partial charge on any atom is 0.333 e. The van der Waals surface area contributed by atoms with E-state index in [0.717, 1.165) is 28.2 Å². The molecular formula is C27H28O5. The van der Waals surface area contributed by atoms with E-state index in [1.165, 1.54) is 0 Å². The van der Waals surface area contributed by atoms with Gasteiger partial charge in [-0.25, -0.2) is 4.79 Å². The Morgan fingerprint density at radius 3 is 2.19 bits per heavy atom. The molecule has 3 aromatic carbocycles. The van der Waals surface area contributed by atoms with Gasteiger partial charge in [0, 0.05) is 13.0 Å². The minimum atomic E-state index is -0.951. The van der Waals surface area contributed by atoms with Crippen molar-refractivity contribution in [2.75, 3.05) is 13.2 Å². The fraction of sp³-hybridized carbons (Fsp3) is 0.222. The van der Waals surface area contributed by atoms with Crippen molar-refractivity contribution in [3.05, 3.63) is 102 Å². The lowest BCUT2D eigenvalue weighted by Gasteiger charge is -2.12. The molecule has 0 heterocycles. The Morgan fingerprint density at radius 2 is 1.53 bits per heavy atom. The number of benzene rings is 3. The molecule has 0 aliphatic rings. The Hall–Kier alpha value is -3.57. The van der Waals surface area contributed by atoms with Gasteiger partial charge in [0.05, 0.1) is 0 Å². The average molecular weight is 433 g/mol. The molecule has 0 spiro atoms. The molecule has 32 heavy (non-hydrogen) atoms. The van der Waals surface area contributed by atoms with Crippen molar-refractivity contribution in [3.63, 3.8) is 0 Å². The first-order valence-electron chi connectivity index (χ1n) is 10.6. The van der Waals surface area contributed by atoms with Crippen LogP contribution in [0.25, 0.3) is 6.08 Å². The lowest BCUT2D eigenvalue weighted by molar-refractivity contribution is -0.149. The number of carbonyl (C=O) groups is 1. The molecule has 1 unspecified atom stereocenters. The number of rotatable bonds is 12. The van der Waals surface area contributed by atoms with Gasteiger partial charge in [-0.3, -0.25) is 0 Å². The van der Waals surface area contributed by atoms with Crippen LogP contribution in [-0.4, -0.2) is 30.4 Å². The number of ether oxygens (including phenoxy) is 3. The number of hydrogen-bond donors (Lipinski definition) is 1. The van der Waals surface area contributed by atoms with Gasteiger partial charge in [0.15, 0.2) is 6.10 Å². The van der Waals surface area contributed by atoms with Crippen LogP contribution in [0.1, 0.15) is 23.6 Å². The Balaban J connectivity index is 1.42. The SMILES string of the molecule is CCOC(Cc1ccc(OCC=Cc2ccc(OCc3ccccc3)cc2)cc1)C(=O)O. The molecule has 0 amide bonds. The lowest BCUT2D eigenvalue weighted by atomic mass is 10.1. The summed E-state index contributed by atoms with van der Waals surface area (Å²) in [7, 11) is 0. The summed E-state index contributed by atoms with van der Waals surface area (Å²) >= 11 is 0. The third kappa shape index (κ3) is 7.60. The van der Waals surface area contributed by atoms with Crippen LogP contribution in [0.15, 0.2) is 84.9 Å². The van der Waals surface area contributed by atoms with Gasteiger partial charge in [-0.1, -0.05) is 60.7 Å².